The summed E-state index contributed by atoms with van der Waals surface area (Å²) in [5, 5.41) is 3.21. The van der Waals surface area contributed by atoms with Crippen molar-refractivity contribution in [1.82, 2.24) is 10.0 Å². The fraction of sp³-hybridized carbons (Fsp3) is 0.600. The van der Waals surface area contributed by atoms with Crippen LogP contribution in [0.1, 0.15) is 39.7 Å². The highest BCUT2D eigenvalue weighted by Crippen LogP contribution is 2.23. The fourth-order valence-corrected chi connectivity index (χ4v) is 3.15. The van der Waals surface area contributed by atoms with Crippen molar-refractivity contribution in [2.45, 2.75) is 51.6 Å². The summed E-state index contributed by atoms with van der Waals surface area (Å²) in [5.41, 5.74) is 0.858. The minimum Gasteiger partial charge on any atom is -0.493 e. The molecule has 0 atom stereocenters. The SMILES string of the molecule is CCCOc1ccc(S(=O)(=O)NC(C)C)cc1CNCC. The number of ether oxygens (including phenoxy) is 1. The predicted molar refractivity (Wildman–Crippen MR) is 85.1 cm³/mol. The molecule has 0 heterocycles. The van der Waals surface area contributed by atoms with E-state index in [0.29, 0.717) is 13.2 Å². The van der Waals surface area contributed by atoms with Crippen LogP contribution in [0.25, 0.3) is 0 Å². The van der Waals surface area contributed by atoms with Crippen LogP contribution in [0.3, 0.4) is 0 Å². The van der Waals surface area contributed by atoms with Gasteiger partial charge in [0.2, 0.25) is 10.0 Å². The molecule has 0 aliphatic carbocycles. The molecular weight excluding hydrogens is 288 g/mol. The highest BCUT2D eigenvalue weighted by molar-refractivity contribution is 7.89. The first-order valence-corrected chi connectivity index (χ1v) is 8.87. The molecule has 1 aromatic rings. The number of hydrogen-bond donors (Lipinski definition) is 2. The standard InChI is InChI=1S/C15H26N2O3S/c1-5-9-20-15-8-7-14(10-13(15)11-16-6-2)21(18,19)17-12(3)4/h7-8,10,12,16-17H,5-6,9,11H2,1-4H3. The zero-order valence-electron chi connectivity index (χ0n) is 13.3. The summed E-state index contributed by atoms with van der Waals surface area (Å²) in [7, 11) is -3.48. The van der Waals surface area contributed by atoms with E-state index in [2.05, 4.69) is 10.0 Å². The Morgan fingerprint density at radius 2 is 1.95 bits per heavy atom. The Hall–Kier alpha value is -1.11. The highest BCUT2D eigenvalue weighted by atomic mass is 32.2. The van der Waals surface area contributed by atoms with Gasteiger partial charge in [0.1, 0.15) is 5.75 Å². The van der Waals surface area contributed by atoms with Crippen molar-refractivity contribution in [2.75, 3.05) is 13.2 Å². The minimum atomic E-state index is -3.48. The van der Waals surface area contributed by atoms with Crippen molar-refractivity contribution in [3.63, 3.8) is 0 Å². The van der Waals surface area contributed by atoms with Gasteiger partial charge in [0.15, 0.2) is 0 Å². The van der Waals surface area contributed by atoms with Gasteiger partial charge >= 0.3 is 0 Å². The normalized spacial score (nSPS) is 11.9. The van der Waals surface area contributed by atoms with Crippen LogP contribution in [0, 0.1) is 0 Å². The van der Waals surface area contributed by atoms with Gasteiger partial charge in [-0.15, -0.1) is 0 Å². The van der Waals surface area contributed by atoms with Crippen molar-refractivity contribution in [2.24, 2.45) is 0 Å². The fourth-order valence-electron chi connectivity index (χ4n) is 1.85. The summed E-state index contributed by atoms with van der Waals surface area (Å²) in [5.74, 6) is 0.737. The molecule has 120 valence electrons. The lowest BCUT2D eigenvalue weighted by Crippen LogP contribution is -2.30. The molecular formula is C15H26N2O3S. The first-order valence-electron chi connectivity index (χ1n) is 7.39. The largest absolute Gasteiger partial charge is 0.493 e. The quantitative estimate of drug-likeness (QED) is 0.734. The smallest absolute Gasteiger partial charge is 0.240 e. The van der Waals surface area contributed by atoms with Gasteiger partial charge < -0.3 is 10.1 Å². The molecule has 5 nitrogen and oxygen atoms in total. The molecule has 0 unspecified atom stereocenters. The molecule has 21 heavy (non-hydrogen) atoms. The summed E-state index contributed by atoms with van der Waals surface area (Å²) in [6, 6.07) is 4.86. The Morgan fingerprint density at radius 1 is 1.24 bits per heavy atom. The lowest BCUT2D eigenvalue weighted by atomic mass is 10.2. The monoisotopic (exact) mass is 314 g/mol. The number of rotatable bonds is 9. The van der Waals surface area contributed by atoms with Crippen molar-refractivity contribution in [3.05, 3.63) is 23.8 Å². The van der Waals surface area contributed by atoms with E-state index >= 15 is 0 Å². The molecule has 0 aliphatic rings. The Morgan fingerprint density at radius 3 is 2.52 bits per heavy atom. The number of hydrogen-bond acceptors (Lipinski definition) is 4. The zero-order chi connectivity index (χ0) is 15.9. The molecule has 0 aromatic heterocycles. The number of nitrogens with one attached hydrogen (secondary N) is 2. The van der Waals surface area contributed by atoms with E-state index in [1.54, 1.807) is 32.0 Å². The maximum Gasteiger partial charge on any atom is 0.240 e. The van der Waals surface area contributed by atoms with Crippen molar-refractivity contribution in [3.8, 4) is 5.75 Å². The molecule has 0 spiro atoms. The van der Waals surface area contributed by atoms with E-state index < -0.39 is 10.0 Å². The average molecular weight is 314 g/mol. The lowest BCUT2D eigenvalue weighted by Gasteiger charge is -2.15. The maximum absolute atomic E-state index is 12.2. The minimum absolute atomic E-state index is 0.136. The van der Waals surface area contributed by atoms with Crippen LogP contribution < -0.4 is 14.8 Å². The molecule has 0 radical (unpaired) electrons. The van der Waals surface area contributed by atoms with Crippen LogP contribution in [-0.4, -0.2) is 27.6 Å². The Labute approximate surface area is 128 Å². The van der Waals surface area contributed by atoms with Crippen LogP contribution in [0.15, 0.2) is 23.1 Å². The molecule has 0 aliphatic heterocycles. The summed E-state index contributed by atoms with van der Waals surface area (Å²) in [6.45, 7) is 9.67. The first kappa shape index (κ1) is 17.9. The molecule has 0 fully saturated rings. The van der Waals surface area contributed by atoms with Crippen LogP contribution in [0.4, 0.5) is 0 Å². The molecule has 0 saturated heterocycles. The second-order valence-corrected chi connectivity index (χ2v) is 6.89. The third-order valence-corrected chi connectivity index (χ3v) is 4.42. The topological polar surface area (TPSA) is 67.4 Å². The summed E-state index contributed by atoms with van der Waals surface area (Å²) < 4.78 is 32.7. The molecule has 0 saturated carbocycles. The molecule has 1 rings (SSSR count). The van der Waals surface area contributed by atoms with Gasteiger partial charge in [0.25, 0.3) is 0 Å². The Kier molecular flexibility index (Phi) is 7.14. The van der Waals surface area contributed by atoms with E-state index in [4.69, 9.17) is 4.74 Å². The lowest BCUT2D eigenvalue weighted by molar-refractivity contribution is 0.313. The van der Waals surface area contributed by atoms with Gasteiger partial charge in [0.05, 0.1) is 11.5 Å². The summed E-state index contributed by atoms with van der Waals surface area (Å²) >= 11 is 0. The molecule has 6 heteroatoms. The second kappa shape index (κ2) is 8.36. The maximum atomic E-state index is 12.2. The van der Waals surface area contributed by atoms with Crippen LogP contribution >= 0.6 is 0 Å². The summed E-state index contributed by atoms with van der Waals surface area (Å²) in [4.78, 5) is 0.271. The molecule has 0 amide bonds. The third kappa shape index (κ3) is 5.65. The van der Waals surface area contributed by atoms with Gasteiger partial charge in [-0.2, -0.15) is 0 Å². The van der Waals surface area contributed by atoms with E-state index in [1.165, 1.54) is 0 Å². The Bertz CT molecular complexity index is 542. The van der Waals surface area contributed by atoms with Gasteiger partial charge in [0, 0.05) is 18.2 Å². The highest BCUT2D eigenvalue weighted by Gasteiger charge is 2.17. The number of benzene rings is 1. The van der Waals surface area contributed by atoms with Crippen LogP contribution in [0.5, 0.6) is 5.75 Å². The number of sulfonamides is 1. The van der Waals surface area contributed by atoms with Gasteiger partial charge in [-0.25, -0.2) is 13.1 Å². The second-order valence-electron chi connectivity index (χ2n) is 5.17. The summed E-state index contributed by atoms with van der Waals surface area (Å²) in [6.07, 6.45) is 0.912. The van der Waals surface area contributed by atoms with E-state index in [9.17, 15) is 8.42 Å². The van der Waals surface area contributed by atoms with Crippen LogP contribution in [-0.2, 0) is 16.6 Å². The van der Waals surface area contributed by atoms with E-state index in [-0.39, 0.29) is 10.9 Å². The van der Waals surface area contributed by atoms with Gasteiger partial charge in [-0.1, -0.05) is 13.8 Å². The van der Waals surface area contributed by atoms with Crippen LogP contribution in [0.2, 0.25) is 0 Å². The van der Waals surface area contributed by atoms with Crippen molar-refractivity contribution < 1.29 is 13.2 Å². The third-order valence-electron chi connectivity index (χ3n) is 2.76. The van der Waals surface area contributed by atoms with E-state index in [0.717, 1.165) is 24.3 Å². The van der Waals surface area contributed by atoms with Gasteiger partial charge in [-0.05, 0) is 45.0 Å². The first-order chi connectivity index (χ1) is 9.90. The molecule has 1 aromatic carbocycles. The average Bonchev–Trinajstić information content (AvgIpc) is 2.41. The van der Waals surface area contributed by atoms with Crippen molar-refractivity contribution >= 4 is 10.0 Å². The molecule has 2 N–H and O–H groups in total. The molecule has 0 bridgehead atoms. The predicted octanol–water partition coefficient (Wildman–Crippen LogP) is 2.27. The zero-order valence-corrected chi connectivity index (χ0v) is 14.1. The van der Waals surface area contributed by atoms with Gasteiger partial charge in [-0.3, -0.25) is 0 Å². The Balaban J connectivity index is 3.07. The van der Waals surface area contributed by atoms with Crippen molar-refractivity contribution in [1.29, 1.82) is 0 Å². The van der Waals surface area contributed by atoms with E-state index in [1.807, 2.05) is 13.8 Å².